The van der Waals surface area contributed by atoms with Crippen LogP contribution in [-0.2, 0) is 17.4 Å². The number of likely N-dealkylation sites (tertiary alicyclic amines) is 1. The lowest BCUT2D eigenvalue weighted by molar-refractivity contribution is -0.138. The van der Waals surface area contributed by atoms with Crippen molar-refractivity contribution in [3.05, 3.63) is 34.3 Å². The van der Waals surface area contributed by atoms with Crippen molar-refractivity contribution in [1.82, 2.24) is 15.1 Å². The van der Waals surface area contributed by atoms with E-state index in [4.69, 9.17) is 11.6 Å². The molecule has 1 amide bonds. The summed E-state index contributed by atoms with van der Waals surface area (Å²) in [6, 6.07) is 3.93. The minimum absolute atomic E-state index is 0.00946. The van der Waals surface area contributed by atoms with Crippen LogP contribution in [0.5, 0.6) is 0 Å². The summed E-state index contributed by atoms with van der Waals surface area (Å²) in [5.74, 6) is -0.0889. The third-order valence-corrected chi connectivity index (χ3v) is 6.93. The number of benzene rings is 1. The van der Waals surface area contributed by atoms with Gasteiger partial charge in [-0.3, -0.25) is 9.69 Å². The van der Waals surface area contributed by atoms with Gasteiger partial charge in [0.15, 0.2) is 0 Å². The van der Waals surface area contributed by atoms with Crippen molar-refractivity contribution in [3.63, 3.8) is 0 Å². The summed E-state index contributed by atoms with van der Waals surface area (Å²) < 4.78 is 38.8. The number of hydrogen-bond acceptors (Lipinski definition) is 4. The molecule has 2 heterocycles. The van der Waals surface area contributed by atoms with Gasteiger partial charge in [-0.1, -0.05) is 24.1 Å². The molecule has 5 nitrogen and oxygen atoms in total. The van der Waals surface area contributed by atoms with E-state index < -0.39 is 11.7 Å². The maximum absolute atomic E-state index is 13.2. The highest BCUT2D eigenvalue weighted by atomic mass is 35.5. The van der Waals surface area contributed by atoms with Crippen LogP contribution < -0.4 is 5.32 Å². The fourth-order valence-electron chi connectivity index (χ4n) is 5.26. The highest BCUT2D eigenvalue weighted by molar-refractivity contribution is 6.31. The monoisotopic (exact) mass is 445 g/mol. The van der Waals surface area contributed by atoms with Gasteiger partial charge in [-0.25, -0.2) is 0 Å². The molecular formula is C21H27ClF3N3O2. The van der Waals surface area contributed by atoms with Crippen LogP contribution in [0.1, 0.15) is 36.8 Å². The van der Waals surface area contributed by atoms with Gasteiger partial charge in [-0.15, -0.1) is 0 Å². The second-order valence-electron chi connectivity index (χ2n) is 8.56. The highest BCUT2D eigenvalue weighted by Gasteiger charge is 2.45. The number of alkyl halides is 3. The predicted molar refractivity (Wildman–Crippen MR) is 107 cm³/mol. The standard InChI is InChI=1S/C21H27ClF3N3O2/c22-16-10-13(4-5-15(16)21(23,24)25)11-19(30)28-9-7-26-17-2-1-3-18(20(17)28)27-8-6-14(29)12-27/h4-5,10,14,17-18,20,26,29H,1-3,6-9,11-12H2/t14-,17-,18-,20-/m0/s1. The Morgan fingerprint density at radius 2 is 2.03 bits per heavy atom. The fraction of sp³-hybridized carbons (Fsp3) is 0.667. The average molecular weight is 446 g/mol. The van der Waals surface area contributed by atoms with E-state index >= 15 is 0 Å². The smallest absolute Gasteiger partial charge is 0.392 e. The van der Waals surface area contributed by atoms with Crippen LogP contribution in [0.4, 0.5) is 13.2 Å². The summed E-state index contributed by atoms with van der Waals surface area (Å²) in [5.41, 5.74) is -0.403. The maximum Gasteiger partial charge on any atom is 0.417 e. The Morgan fingerprint density at radius 1 is 1.23 bits per heavy atom. The second kappa shape index (κ2) is 8.65. The molecule has 4 atom stereocenters. The predicted octanol–water partition coefficient (Wildman–Crippen LogP) is 2.69. The molecule has 1 aromatic rings. The van der Waals surface area contributed by atoms with E-state index in [9.17, 15) is 23.1 Å². The topological polar surface area (TPSA) is 55.8 Å². The number of β-amino-alcohol motifs (C(OH)–C–C–N with tert-alkyl or cyclic N) is 1. The van der Waals surface area contributed by atoms with E-state index in [2.05, 4.69) is 10.2 Å². The van der Waals surface area contributed by atoms with Crippen LogP contribution in [0.15, 0.2) is 18.2 Å². The first kappa shape index (κ1) is 21.9. The molecule has 2 aliphatic heterocycles. The fourth-order valence-corrected chi connectivity index (χ4v) is 5.57. The molecule has 9 heteroatoms. The molecule has 3 aliphatic rings. The lowest BCUT2D eigenvalue weighted by Crippen LogP contribution is -2.68. The zero-order chi connectivity index (χ0) is 21.5. The Hall–Kier alpha value is -1.35. The Kier molecular flexibility index (Phi) is 6.30. The maximum atomic E-state index is 13.2. The first-order valence-electron chi connectivity index (χ1n) is 10.5. The molecule has 0 aromatic heterocycles. The van der Waals surface area contributed by atoms with Gasteiger partial charge in [-0.2, -0.15) is 13.2 Å². The molecule has 0 unspecified atom stereocenters. The number of nitrogens with one attached hydrogen (secondary N) is 1. The normalized spacial score (nSPS) is 30.4. The quantitative estimate of drug-likeness (QED) is 0.751. The summed E-state index contributed by atoms with van der Waals surface area (Å²) in [6.07, 6.45) is -1.02. The van der Waals surface area contributed by atoms with E-state index in [1.807, 2.05) is 4.90 Å². The highest BCUT2D eigenvalue weighted by Crippen LogP contribution is 2.35. The summed E-state index contributed by atoms with van der Waals surface area (Å²) in [6.45, 7) is 2.73. The van der Waals surface area contributed by atoms with Gasteiger partial charge < -0.3 is 15.3 Å². The minimum Gasteiger partial charge on any atom is -0.392 e. The largest absolute Gasteiger partial charge is 0.417 e. The molecular weight excluding hydrogens is 419 g/mol. The summed E-state index contributed by atoms with van der Waals surface area (Å²) in [7, 11) is 0. The average Bonchev–Trinajstić information content (AvgIpc) is 3.12. The number of carbonyl (C=O) groups excluding carboxylic acids is 1. The number of rotatable bonds is 3. The second-order valence-corrected chi connectivity index (χ2v) is 8.97. The molecule has 0 bridgehead atoms. The zero-order valence-corrected chi connectivity index (χ0v) is 17.4. The summed E-state index contributed by atoms with van der Waals surface area (Å²) >= 11 is 5.83. The van der Waals surface area contributed by atoms with E-state index in [-0.39, 0.29) is 41.6 Å². The van der Waals surface area contributed by atoms with Crippen molar-refractivity contribution in [1.29, 1.82) is 0 Å². The molecule has 1 aromatic carbocycles. The zero-order valence-electron chi connectivity index (χ0n) is 16.7. The summed E-state index contributed by atoms with van der Waals surface area (Å²) in [5, 5.41) is 13.1. The molecule has 0 spiro atoms. The van der Waals surface area contributed by atoms with Crippen LogP contribution in [0.3, 0.4) is 0 Å². The van der Waals surface area contributed by atoms with E-state index in [0.717, 1.165) is 38.3 Å². The van der Waals surface area contributed by atoms with Crippen molar-refractivity contribution in [2.24, 2.45) is 0 Å². The first-order valence-corrected chi connectivity index (χ1v) is 10.9. The van der Waals surface area contributed by atoms with Crippen molar-refractivity contribution < 1.29 is 23.1 Å². The minimum atomic E-state index is -4.51. The molecule has 0 radical (unpaired) electrons. The third kappa shape index (κ3) is 4.47. The van der Waals surface area contributed by atoms with E-state index in [1.165, 1.54) is 12.1 Å². The number of amides is 1. The number of aliphatic hydroxyl groups excluding tert-OH is 1. The van der Waals surface area contributed by atoms with E-state index in [0.29, 0.717) is 25.2 Å². The number of fused-ring (bicyclic) bond motifs is 1. The van der Waals surface area contributed by atoms with Crippen molar-refractivity contribution in [3.8, 4) is 0 Å². The van der Waals surface area contributed by atoms with Crippen LogP contribution in [0, 0.1) is 0 Å². The van der Waals surface area contributed by atoms with Gasteiger partial charge in [0.25, 0.3) is 0 Å². The SMILES string of the molecule is O=C(Cc1ccc(C(F)(F)F)c(Cl)c1)N1CCN[C@H]2CCC[C@H](N3CC[C@H](O)C3)[C@H]21. The van der Waals surface area contributed by atoms with Gasteiger partial charge in [0.2, 0.25) is 5.91 Å². The summed E-state index contributed by atoms with van der Waals surface area (Å²) in [4.78, 5) is 17.4. The molecule has 1 saturated carbocycles. The van der Waals surface area contributed by atoms with Gasteiger partial charge in [0.1, 0.15) is 0 Å². The van der Waals surface area contributed by atoms with Crippen molar-refractivity contribution in [2.45, 2.75) is 62.5 Å². The molecule has 4 rings (SSSR count). The molecule has 30 heavy (non-hydrogen) atoms. The van der Waals surface area contributed by atoms with Gasteiger partial charge in [-0.05, 0) is 37.0 Å². The lowest BCUT2D eigenvalue weighted by Gasteiger charge is -2.51. The Morgan fingerprint density at radius 3 is 2.70 bits per heavy atom. The first-order chi connectivity index (χ1) is 14.2. The lowest BCUT2D eigenvalue weighted by atomic mass is 9.82. The Balaban J connectivity index is 1.51. The van der Waals surface area contributed by atoms with Gasteiger partial charge >= 0.3 is 6.18 Å². The van der Waals surface area contributed by atoms with E-state index in [1.54, 1.807) is 0 Å². The van der Waals surface area contributed by atoms with Gasteiger partial charge in [0, 0.05) is 38.3 Å². The number of halogens is 4. The van der Waals surface area contributed by atoms with Gasteiger partial charge in [0.05, 0.1) is 29.2 Å². The number of nitrogens with zero attached hydrogens (tertiary/aromatic N) is 2. The van der Waals surface area contributed by atoms with Crippen molar-refractivity contribution in [2.75, 3.05) is 26.2 Å². The van der Waals surface area contributed by atoms with Crippen LogP contribution >= 0.6 is 11.6 Å². The van der Waals surface area contributed by atoms with Crippen LogP contribution in [0.2, 0.25) is 5.02 Å². The molecule has 3 fully saturated rings. The molecule has 2 saturated heterocycles. The van der Waals surface area contributed by atoms with Crippen LogP contribution in [0.25, 0.3) is 0 Å². The molecule has 166 valence electrons. The molecule has 1 aliphatic carbocycles. The Bertz CT molecular complexity index is 789. The number of hydrogen-bond donors (Lipinski definition) is 2. The van der Waals surface area contributed by atoms with Crippen LogP contribution in [-0.4, -0.2) is 71.2 Å². The number of carbonyl (C=O) groups is 1. The Labute approximate surface area is 179 Å². The number of piperazine rings is 1. The van der Waals surface area contributed by atoms with Crippen molar-refractivity contribution >= 4 is 17.5 Å². The molecule has 2 N–H and O–H groups in total. The third-order valence-electron chi connectivity index (χ3n) is 6.62. The number of aliphatic hydroxyl groups is 1.